The summed E-state index contributed by atoms with van der Waals surface area (Å²) in [6.45, 7) is 3.91. The van der Waals surface area contributed by atoms with Crippen molar-refractivity contribution in [3.05, 3.63) is 77.1 Å². The Morgan fingerprint density at radius 2 is 2.00 bits per heavy atom. The molecule has 0 bridgehead atoms. The zero-order valence-electron chi connectivity index (χ0n) is 17.2. The van der Waals surface area contributed by atoms with Gasteiger partial charge in [-0.3, -0.25) is 0 Å². The number of para-hydroxylation sites is 1. The van der Waals surface area contributed by atoms with Crippen LogP contribution in [0.4, 0.5) is 4.39 Å². The highest BCUT2D eigenvalue weighted by molar-refractivity contribution is 6.00. The van der Waals surface area contributed by atoms with Crippen LogP contribution in [0.5, 0.6) is 0 Å². The van der Waals surface area contributed by atoms with Crippen LogP contribution in [0, 0.1) is 11.0 Å². The van der Waals surface area contributed by atoms with Crippen LogP contribution in [0.15, 0.2) is 59.9 Å². The van der Waals surface area contributed by atoms with Gasteiger partial charge in [-0.1, -0.05) is 29.4 Å². The summed E-state index contributed by atoms with van der Waals surface area (Å²) in [5, 5.41) is 17.2. The van der Waals surface area contributed by atoms with E-state index in [1.165, 1.54) is 18.3 Å². The number of oxime groups is 1. The first kappa shape index (κ1) is 20.7. The van der Waals surface area contributed by atoms with Crippen LogP contribution >= 0.6 is 0 Å². The highest BCUT2D eigenvalue weighted by Crippen LogP contribution is 2.24. The zero-order valence-corrected chi connectivity index (χ0v) is 17.2. The summed E-state index contributed by atoms with van der Waals surface area (Å²) in [6, 6.07) is 13.5. The van der Waals surface area contributed by atoms with Gasteiger partial charge in [0.1, 0.15) is 24.9 Å². The van der Waals surface area contributed by atoms with Crippen molar-refractivity contribution in [1.29, 1.82) is 0 Å². The molecule has 0 aliphatic carbocycles. The lowest BCUT2D eigenvalue weighted by Gasteiger charge is -2.10. The number of hydrogen-bond donors (Lipinski definition) is 0. The molecule has 0 radical (unpaired) electrons. The van der Waals surface area contributed by atoms with E-state index < -0.39 is 0 Å². The Kier molecular flexibility index (Phi) is 6.37. The van der Waals surface area contributed by atoms with Crippen LogP contribution in [0.25, 0.3) is 21.9 Å². The summed E-state index contributed by atoms with van der Waals surface area (Å²) in [5.41, 5.74) is 2.91. The Hall–Kier alpha value is -3.52. The zero-order chi connectivity index (χ0) is 21.6. The number of imidazole rings is 1. The fourth-order valence-corrected chi connectivity index (χ4v) is 3.47. The number of aryl methyl sites for hydroxylation is 1. The fraction of sp³-hybridized carbons (Fsp3) is 0.261. The summed E-state index contributed by atoms with van der Waals surface area (Å²) in [4.78, 5) is 10.0. The highest BCUT2D eigenvalue weighted by atomic mass is 19.1. The standard InChI is InChI=1S/C23H23FN4O3/c1-2-30-16-22-26-20-15-28(29)21-7-4-3-6-19(21)23(20)27(22)12-5-13-31-25-14-17-8-10-18(24)11-9-17/h3-4,6-11,14-15H,2,5,12-13,16H2,1H3/b25-14+. The molecule has 160 valence electrons. The Bertz CT molecular complexity index is 1210. The lowest BCUT2D eigenvalue weighted by Crippen LogP contribution is -2.26. The number of benzene rings is 2. The van der Waals surface area contributed by atoms with E-state index in [1.54, 1.807) is 24.4 Å². The molecule has 2 aromatic heterocycles. The molecule has 0 fully saturated rings. The molecule has 0 unspecified atom stereocenters. The van der Waals surface area contributed by atoms with Crippen molar-refractivity contribution < 1.29 is 18.7 Å². The van der Waals surface area contributed by atoms with Crippen molar-refractivity contribution in [3.8, 4) is 0 Å². The molecule has 4 aromatic rings. The second kappa shape index (κ2) is 9.53. The average Bonchev–Trinajstić information content (AvgIpc) is 3.13. The van der Waals surface area contributed by atoms with Gasteiger partial charge < -0.3 is 19.3 Å². The number of ether oxygens (including phenoxy) is 1. The minimum atomic E-state index is -0.288. The number of fused-ring (bicyclic) bond motifs is 3. The van der Waals surface area contributed by atoms with Crippen LogP contribution < -0.4 is 4.73 Å². The minimum Gasteiger partial charge on any atom is -0.618 e. The third-order valence-corrected chi connectivity index (χ3v) is 4.91. The number of pyridine rings is 1. The maximum atomic E-state index is 12.9. The van der Waals surface area contributed by atoms with E-state index in [0.717, 1.165) is 27.0 Å². The first-order chi connectivity index (χ1) is 15.2. The van der Waals surface area contributed by atoms with E-state index in [9.17, 15) is 9.60 Å². The Morgan fingerprint density at radius 3 is 2.81 bits per heavy atom. The lowest BCUT2D eigenvalue weighted by atomic mass is 10.2. The van der Waals surface area contributed by atoms with E-state index in [4.69, 9.17) is 9.57 Å². The molecule has 0 aliphatic heterocycles. The maximum absolute atomic E-state index is 12.9. The fourth-order valence-electron chi connectivity index (χ4n) is 3.47. The normalized spacial score (nSPS) is 11.7. The SMILES string of the molecule is CCOCc1nc2c[n+]([O-])c3ccccc3c2n1CCCO/N=C/c1ccc(F)cc1. The molecule has 0 atom stereocenters. The van der Waals surface area contributed by atoms with Crippen molar-refractivity contribution in [1.82, 2.24) is 9.55 Å². The van der Waals surface area contributed by atoms with Gasteiger partial charge in [-0.05, 0) is 30.7 Å². The highest BCUT2D eigenvalue weighted by Gasteiger charge is 2.18. The topological polar surface area (TPSA) is 75.6 Å². The van der Waals surface area contributed by atoms with Gasteiger partial charge in [0.25, 0.3) is 0 Å². The van der Waals surface area contributed by atoms with E-state index in [1.807, 2.05) is 25.1 Å². The summed E-state index contributed by atoms with van der Waals surface area (Å²) in [7, 11) is 0. The number of nitrogens with zero attached hydrogens (tertiary/aromatic N) is 4. The molecule has 0 spiro atoms. The minimum absolute atomic E-state index is 0.288. The van der Waals surface area contributed by atoms with Gasteiger partial charge in [-0.2, -0.15) is 4.73 Å². The molecule has 31 heavy (non-hydrogen) atoms. The van der Waals surface area contributed by atoms with Crippen LogP contribution in [0.1, 0.15) is 24.7 Å². The monoisotopic (exact) mass is 422 g/mol. The molecule has 7 nitrogen and oxygen atoms in total. The van der Waals surface area contributed by atoms with Crippen molar-refractivity contribution in [2.24, 2.45) is 5.16 Å². The van der Waals surface area contributed by atoms with Crippen molar-refractivity contribution >= 4 is 28.2 Å². The van der Waals surface area contributed by atoms with E-state index in [-0.39, 0.29) is 5.82 Å². The predicted molar refractivity (Wildman–Crippen MR) is 116 cm³/mol. The van der Waals surface area contributed by atoms with Gasteiger partial charge in [0.05, 0.1) is 17.1 Å². The van der Waals surface area contributed by atoms with E-state index >= 15 is 0 Å². The van der Waals surface area contributed by atoms with Gasteiger partial charge in [0.15, 0.2) is 5.52 Å². The molecule has 4 rings (SSSR count). The average molecular weight is 422 g/mol. The second-order valence-corrected chi connectivity index (χ2v) is 7.00. The summed E-state index contributed by atoms with van der Waals surface area (Å²) < 4.78 is 21.5. The summed E-state index contributed by atoms with van der Waals surface area (Å²) in [5.74, 6) is 0.478. The van der Waals surface area contributed by atoms with Gasteiger partial charge in [0.2, 0.25) is 11.7 Å². The smallest absolute Gasteiger partial charge is 0.226 e. The van der Waals surface area contributed by atoms with Gasteiger partial charge in [-0.25, -0.2) is 9.37 Å². The van der Waals surface area contributed by atoms with E-state index in [2.05, 4.69) is 14.7 Å². The molecule has 0 aliphatic rings. The first-order valence-corrected chi connectivity index (χ1v) is 10.2. The second-order valence-electron chi connectivity index (χ2n) is 7.00. The van der Waals surface area contributed by atoms with Crippen LogP contribution in [0.2, 0.25) is 0 Å². The first-order valence-electron chi connectivity index (χ1n) is 10.2. The van der Waals surface area contributed by atoms with Gasteiger partial charge in [-0.15, -0.1) is 0 Å². The Morgan fingerprint density at radius 1 is 1.19 bits per heavy atom. The molecule has 0 saturated heterocycles. The third kappa shape index (κ3) is 4.64. The van der Waals surface area contributed by atoms with Crippen LogP contribution in [-0.4, -0.2) is 29.0 Å². The molecular formula is C23H23FN4O3. The van der Waals surface area contributed by atoms with Crippen molar-refractivity contribution in [3.63, 3.8) is 0 Å². The van der Waals surface area contributed by atoms with Crippen LogP contribution in [-0.2, 0) is 22.7 Å². The number of hydrogen-bond acceptors (Lipinski definition) is 5. The summed E-state index contributed by atoms with van der Waals surface area (Å²) in [6.07, 6.45) is 3.74. The maximum Gasteiger partial charge on any atom is 0.226 e. The molecular weight excluding hydrogens is 399 g/mol. The molecule has 8 heteroatoms. The van der Waals surface area contributed by atoms with Crippen molar-refractivity contribution in [2.75, 3.05) is 13.2 Å². The molecule has 2 heterocycles. The predicted octanol–water partition coefficient (Wildman–Crippen LogP) is 3.94. The molecule has 0 amide bonds. The Labute approximate surface area is 178 Å². The molecule has 0 N–H and O–H groups in total. The van der Waals surface area contributed by atoms with E-state index in [0.29, 0.717) is 43.8 Å². The van der Waals surface area contributed by atoms with Crippen molar-refractivity contribution in [2.45, 2.75) is 26.5 Å². The molecule has 0 saturated carbocycles. The number of rotatable bonds is 9. The Balaban J connectivity index is 1.51. The number of halogens is 1. The summed E-state index contributed by atoms with van der Waals surface area (Å²) >= 11 is 0. The lowest BCUT2D eigenvalue weighted by molar-refractivity contribution is -0.575. The molecule has 2 aromatic carbocycles. The number of aromatic nitrogens is 3. The largest absolute Gasteiger partial charge is 0.618 e. The quantitative estimate of drug-likeness (QED) is 0.135. The van der Waals surface area contributed by atoms with Crippen LogP contribution in [0.3, 0.4) is 0 Å². The third-order valence-electron chi connectivity index (χ3n) is 4.91. The van der Waals surface area contributed by atoms with Gasteiger partial charge >= 0.3 is 0 Å². The van der Waals surface area contributed by atoms with Gasteiger partial charge in [0, 0.05) is 25.6 Å².